The van der Waals surface area contributed by atoms with Gasteiger partial charge in [0, 0.05) is 16.6 Å². The monoisotopic (exact) mass is 307 g/mol. The molecule has 0 fully saturated rings. The number of rotatable bonds is 7. The van der Waals surface area contributed by atoms with Crippen LogP contribution < -0.4 is 14.8 Å². The predicted molar refractivity (Wildman–Crippen MR) is 86.7 cm³/mol. The zero-order chi connectivity index (χ0) is 15.2. The molecule has 0 saturated carbocycles. The van der Waals surface area contributed by atoms with Crippen molar-refractivity contribution in [2.45, 2.75) is 19.9 Å². The smallest absolute Gasteiger partial charge is 0.163 e. The second-order valence-corrected chi connectivity index (χ2v) is 5.72. The van der Waals surface area contributed by atoms with E-state index in [4.69, 9.17) is 14.6 Å². The Kier molecular flexibility index (Phi) is 5.47. The standard InChI is InChI=1S/C16H21NO3S/c1-11-6-9-21-16(11)12(2)17-13-4-5-14(19-3)15(10-13)20-8-7-18/h4-6,9-10,12,17-18H,7-8H2,1-3H3. The number of methoxy groups -OCH3 is 1. The van der Waals surface area contributed by atoms with E-state index in [9.17, 15) is 0 Å². The largest absolute Gasteiger partial charge is 0.493 e. The third-order valence-corrected chi connectivity index (χ3v) is 4.39. The number of nitrogens with one attached hydrogen (secondary N) is 1. The van der Waals surface area contributed by atoms with Crippen molar-refractivity contribution in [3.05, 3.63) is 40.1 Å². The van der Waals surface area contributed by atoms with Crippen LogP contribution in [0.15, 0.2) is 29.6 Å². The van der Waals surface area contributed by atoms with E-state index in [0.29, 0.717) is 11.5 Å². The molecule has 21 heavy (non-hydrogen) atoms. The lowest BCUT2D eigenvalue weighted by Gasteiger charge is -2.17. The zero-order valence-electron chi connectivity index (χ0n) is 12.6. The third kappa shape index (κ3) is 3.89. The van der Waals surface area contributed by atoms with E-state index in [1.807, 2.05) is 18.2 Å². The fraction of sp³-hybridized carbons (Fsp3) is 0.375. The molecule has 0 aliphatic heterocycles. The first-order valence-corrected chi connectivity index (χ1v) is 7.76. The highest BCUT2D eigenvalue weighted by Gasteiger charge is 2.11. The second-order valence-electron chi connectivity index (χ2n) is 4.77. The maximum atomic E-state index is 8.88. The normalized spacial score (nSPS) is 12.0. The fourth-order valence-corrected chi connectivity index (χ4v) is 3.11. The fourth-order valence-electron chi connectivity index (χ4n) is 2.18. The summed E-state index contributed by atoms with van der Waals surface area (Å²) in [5.41, 5.74) is 2.26. The molecule has 4 nitrogen and oxygen atoms in total. The lowest BCUT2D eigenvalue weighted by molar-refractivity contribution is 0.196. The van der Waals surface area contributed by atoms with Gasteiger partial charge in [0.25, 0.3) is 0 Å². The SMILES string of the molecule is COc1ccc(NC(C)c2sccc2C)cc1OCCO. The molecule has 114 valence electrons. The van der Waals surface area contributed by atoms with Crippen molar-refractivity contribution in [3.63, 3.8) is 0 Å². The van der Waals surface area contributed by atoms with Crippen molar-refractivity contribution in [1.82, 2.24) is 0 Å². The summed E-state index contributed by atoms with van der Waals surface area (Å²) < 4.78 is 10.8. The molecule has 0 spiro atoms. The minimum absolute atomic E-state index is 0.0222. The first-order valence-electron chi connectivity index (χ1n) is 6.88. The van der Waals surface area contributed by atoms with E-state index in [1.54, 1.807) is 18.4 Å². The lowest BCUT2D eigenvalue weighted by atomic mass is 10.2. The molecule has 0 amide bonds. The van der Waals surface area contributed by atoms with Crippen LogP contribution in [-0.2, 0) is 0 Å². The van der Waals surface area contributed by atoms with Crippen LogP contribution in [0, 0.1) is 6.92 Å². The summed E-state index contributed by atoms with van der Waals surface area (Å²) in [5.74, 6) is 1.29. The lowest BCUT2D eigenvalue weighted by Crippen LogP contribution is -2.07. The van der Waals surface area contributed by atoms with E-state index in [0.717, 1.165) is 5.69 Å². The van der Waals surface area contributed by atoms with Crippen LogP contribution in [0.5, 0.6) is 11.5 Å². The highest BCUT2D eigenvalue weighted by molar-refractivity contribution is 7.10. The quantitative estimate of drug-likeness (QED) is 0.820. The van der Waals surface area contributed by atoms with Crippen LogP contribution in [0.4, 0.5) is 5.69 Å². The molecule has 1 aromatic carbocycles. The van der Waals surface area contributed by atoms with Gasteiger partial charge in [-0.25, -0.2) is 0 Å². The molecule has 1 heterocycles. The zero-order valence-corrected chi connectivity index (χ0v) is 13.4. The number of benzene rings is 1. The van der Waals surface area contributed by atoms with Crippen molar-refractivity contribution >= 4 is 17.0 Å². The number of aliphatic hydroxyl groups excluding tert-OH is 1. The van der Waals surface area contributed by atoms with Crippen LogP contribution in [0.3, 0.4) is 0 Å². The molecule has 0 saturated heterocycles. The van der Waals surface area contributed by atoms with Crippen molar-refractivity contribution in [1.29, 1.82) is 0 Å². The summed E-state index contributed by atoms with van der Waals surface area (Å²) in [6.45, 7) is 4.48. The minimum atomic E-state index is -0.0222. The van der Waals surface area contributed by atoms with Gasteiger partial charge in [0.15, 0.2) is 11.5 Å². The maximum absolute atomic E-state index is 8.88. The van der Waals surface area contributed by atoms with Crippen molar-refractivity contribution in [2.75, 3.05) is 25.6 Å². The Morgan fingerprint density at radius 1 is 1.29 bits per heavy atom. The minimum Gasteiger partial charge on any atom is -0.493 e. The Morgan fingerprint density at radius 2 is 2.10 bits per heavy atom. The Hall–Kier alpha value is -1.72. The van der Waals surface area contributed by atoms with Crippen LogP contribution in [0.2, 0.25) is 0 Å². The summed E-state index contributed by atoms with van der Waals surface area (Å²) >= 11 is 1.75. The summed E-state index contributed by atoms with van der Waals surface area (Å²) in [7, 11) is 1.60. The van der Waals surface area contributed by atoms with E-state index >= 15 is 0 Å². The maximum Gasteiger partial charge on any atom is 0.163 e. The van der Waals surface area contributed by atoms with Crippen molar-refractivity contribution in [2.24, 2.45) is 0 Å². The Labute approximate surface area is 129 Å². The van der Waals surface area contributed by atoms with Gasteiger partial charge < -0.3 is 19.9 Å². The molecule has 0 radical (unpaired) electrons. The van der Waals surface area contributed by atoms with Gasteiger partial charge >= 0.3 is 0 Å². The molecular formula is C16H21NO3S. The Balaban J connectivity index is 2.14. The molecule has 0 aliphatic carbocycles. The molecule has 5 heteroatoms. The molecule has 2 aromatic rings. The van der Waals surface area contributed by atoms with Crippen LogP contribution in [-0.4, -0.2) is 25.4 Å². The average molecular weight is 307 g/mol. The topological polar surface area (TPSA) is 50.7 Å². The predicted octanol–water partition coefficient (Wildman–Crippen LogP) is 3.61. The van der Waals surface area contributed by atoms with Gasteiger partial charge in [0.2, 0.25) is 0 Å². The molecule has 1 aromatic heterocycles. The van der Waals surface area contributed by atoms with E-state index in [2.05, 4.69) is 30.6 Å². The van der Waals surface area contributed by atoms with Gasteiger partial charge in [-0.2, -0.15) is 0 Å². The molecule has 2 rings (SSSR count). The third-order valence-electron chi connectivity index (χ3n) is 3.19. The molecule has 2 N–H and O–H groups in total. The summed E-state index contributed by atoms with van der Waals surface area (Å²) in [5, 5.41) is 14.5. The average Bonchev–Trinajstić information content (AvgIpc) is 2.91. The summed E-state index contributed by atoms with van der Waals surface area (Å²) in [4.78, 5) is 1.32. The molecule has 1 unspecified atom stereocenters. The first-order chi connectivity index (χ1) is 10.2. The number of aryl methyl sites for hydroxylation is 1. The van der Waals surface area contributed by atoms with Crippen LogP contribution in [0.25, 0.3) is 0 Å². The number of hydrogen-bond donors (Lipinski definition) is 2. The van der Waals surface area contributed by atoms with Crippen molar-refractivity contribution in [3.8, 4) is 11.5 Å². The van der Waals surface area contributed by atoms with Crippen LogP contribution in [0.1, 0.15) is 23.4 Å². The van der Waals surface area contributed by atoms with E-state index < -0.39 is 0 Å². The van der Waals surface area contributed by atoms with Gasteiger partial charge in [-0.3, -0.25) is 0 Å². The molecule has 0 aliphatic rings. The second kappa shape index (κ2) is 7.33. The van der Waals surface area contributed by atoms with Gasteiger partial charge in [-0.15, -0.1) is 11.3 Å². The van der Waals surface area contributed by atoms with Crippen LogP contribution >= 0.6 is 11.3 Å². The van der Waals surface area contributed by atoms with Crippen molar-refractivity contribution < 1.29 is 14.6 Å². The number of anilines is 1. The highest BCUT2D eigenvalue weighted by atomic mass is 32.1. The first kappa shape index (κ1) is 15.7. The number of aliphatic hydroxyl groups is 1. The molecule has 0 bridgehead atoms. The number of ether oxygens (including phenoxy) is 2. The number of hydrogen-bond acceptors (Lipinski definition) is 5. The Morgan fingerprint density at radius 3 is 2.71 bits per heavy atom. The van der Waals surface area contributed by atoms with E-state index in [-0.39, 0.29) is 19.3 Å². The van der Waals surface area contributed by atoms with Gasteiger partial charge in [0.1, 0.15) is 6.61 Å². The van der Waals surface area contributed by atoms with Gasteiger partial charge in [-0.1, -0.05) is 0 Å². The summed E-state index contributed by atoms with van der Waals surface area (Å²) in [6.07, 6.45) is 0. The van der Waals surface area contributed by atoms with Gasteiger partial charge in [-0.05, 0) is 43.0 Å². The highest BCUT2D eigenvalue weighted by Crippen LogP contribution is 2.33. The number of thiophene rings is 1. The Bertz CT molecular complexity index is 583. The van der Waals surface area contributed by atoms with Gasteiger partial charge in [0.05, 0.1) is 19.8 Å². The molecular weight excluding hydrogens is 286 g/mol. The van der Waals surface area contributed by atoms with E-state index in [1.165, 1.54) is 10.4 Å². The summed E-state index contributed by atoms with van der Waals surface area (Å²) in [6, 6.07) is 8.08. The molecule has 1 atom stereocenters.